The van der Waals surface area contributed by atoms with Gasteiger partial charge < -0.3 is 10.2 Å². The topological polar surface area (TPSA) is 61.0 Å². The van der Waals surface area contributed by atoms with Gasteiger partial charge in [-0.25, -0.2) is 4.39 Å². The predicted octanol–water partition coefficient (Wildman–Crippen LogP) is 2.95. The molecule has 1 aromatic carbocycles. The molecule has 2 aromatic rings. The third-order valence-electron chi connectivity index (χ3n) is 4.32. The summed E-state index contributed by atoms with van der Waals surface area (Å²) in [6.45, 7) is 5.52. The molecule has 5 nitrogen and oxygen atoms in total. The van der Waals surface area contributed by atoms with Gasteiger partial charge in [0.15, 0.2) is 0 Å². The van der Waals surface area contributed by atoms with Crippen molar-refractivity contribution in [2.24, 2.45) is 0 Å². The van der Waals surface area contributed by atoms with E-state index in [0.29, 0.717) is 0 Å². The Morgan fingerprint density at radius 1 is 1.35 bits per heavy atom. The largest absolute Gasteiger partial charge is 0.370 e. The Morgan fingerprint density at radius 3 is 2.74 bits per heavy atom. The van der Waals surface area contributed by atoms with Crippen molar-refractivity contribution in [1.82, 2.24) is 10.2 Å². The van der Waals surface area contributed by atoms with Gasteiger partial charge in [0.2, 0.25) is 5.91 Å². The summed E-state index contributed by atoms with van der Waals surface area (Å²) in [6.07, 6.45) is 2.37. The minimum Gasteiger partial charge on any atom is -0.370 e. The molecule has 2 heterocycles. The molecule has 1 aromatic heterocycles. The zero-order chi connectivity index (χ0) is 16.4. The van der Waals surface area contributed by atoms with Crippen LogP contribution in [0.5, 0.6) is 0 Å². The average molecular weight is 316 g/mol. The van der Waals surface area contributed by atoms with E-state index in [1.165, 1.54) is 6.07 Å². The molecule has 1 saturated heterocycles. The first-order valence-corrected chi connectivity index (χ1v) is 7.90. The lowest BCUT2D eigenvalue weighted by Gasteiger charge is -2.22. The summed E-state index contributed by atoms with van der Waals surface area (Å²) in [5.74, 6) is -0.633. The molecule has 0 atom stereocenters. The van der Waals surface area contributed by atoms with Crippen LogP contribution in [0.25, 0.3) is 0 Å². The summed E-state index contributed by atoms with van der Waals surface area (Å²) in [7, 11) is 0. The minimum atomic E-state index is -0.400. The van der Waals surface area contributed by atoms with Gasteiger partial charge in [-0.15, -0.1) is 0 Å². The molecule has 122 valence electrons. The number of aromatic amines is 1. The van der Waals surface area contributed by atoms with E-state index >= 15 is 0 Å². The van der Waals surface area contributed by atoms with Crippen LogP contribution in [0, 0.1) is 19.7 Å². The first-order valence-electron chi connectivity index (χ1n) is 7.90. The summed E-state index contributed by atoms with van der Waals surface area (Å²) in [5, 5.41) is 9.70. The molecular weight excluding hydrogens is 295 g/mol. The number of halogens is 1. The quantitative estimate of drug-likeness (QED) is 0.911. The van der Waals surface area contributed by atoms with Gasteiger partial charge >= 0.3 is 0 Å². The van der Waals surface area contributed by atoms with Gasteiger partial charge in [-0.05, 0) is 38.8 Å². The number of nitrogens with one attached hydrogen (secondary N) is 2. The van der Waals surface area contributed by atoms with Crippen molar-refractivity contribution in [1.29, 1.82) is 0 Å². The van der Waals surface area contributed by atoms with E-state index < -0.39 is 5.82 Å². The third kappa shape index (κ3) is 3.21. The Balaban J connectivity index is 1.80. The molecule has 3 rings (SSSR count). The highest BCUT2D eigenvalue weighted by atomic mass is 19.1. The van der Waals surface area contributed by atoms with Crippen LogP contribution in [0.15, 0.2) is 18.2 Å². The summed E-state index contributed by atoms with van der Waals surface area (Å²) >= 11 is 0. The molecule has 6 heteroatoms. The van der Waals surface area contributed by atoms with Gasteiger partial charge in [-0.1, -0.05) is 6.07 Å². The highest BCUT2D eigenvalue weighted by Gasteiger charge is 2.20. The number of aryl methyl sites for hydroxylation is 2. The first kappa shape index (κ1) is 15.5. The highest BCUT2D eigenvalue weighted by Crippen LogP contribution is 2.31. The maximum Gasteiger partial charge on any atom is 0.229 e. The Hall–Kier alpha value is -2.37. The zero-order valence-electron chi connectivity index (χ0n) is 13.4. The molecule has 1 fully saturated rings. The highest BCUT2D eigenvalue weighted by molar-refractivity contribution is 5.96. The molecule has 2 N–H and O–H groups in total. The van der Waals surface area contributed by atoms with Crippen LogP contribution >= 0.6 is 0 Å². The monoisotopic (exact) mass is 316 g/mol. The van der Waals surface area contributed by atoms with E-state index in [9.17, 15) is 9.18 Å². The molecule has 0 radical (unpaired) electrons. The molecule has 0 saturated carbocycles. The van der Waals surface area contributed by atoms with Crippen molar-refractivity contribution >= 4 is 17.3 Å². The number of carbonyl (C=O) groups is 1. The SMILES string of the molecule is Cc1n[nH]c(C)c1CC(=O)Nc1c(F)cccc1N1CCCC1. The van der Waals surface area contributed by atoms with Crippen molar-refractivity contribution in [2.45, 2.75) is 33.1 Å². The van der Waals surface area contributed by atoms with E-state index in [1.807, 2.05) is 19.9 Å². The predicted molar refractivity (Wildman–Crippen MR) is 88.2 cm³/mol. The second-order valence-electron chi connectivity index (χ2n) is 5.97. The van der Waals surface area contributed by atoms with E-state index in [0.717, 1.165) is 48.6 Å². The molecule has 0 spiro atoms. The lowest BCUT2D eigenvalue weighted by Crippen LogP contribution is -2.22. The van der Waals surface area contributed by atoms with Gasteiger partial charge in [-0.3, -0.25) is 9.89 Å². The number of hydrogen-bond acceptors (Lipinski definition) is 3. The Bertz CT molecular complexity index is 700. The normalized spacial score (nSPS) is 14.3. The van der Waals surface area contributed by atoms with Crippen LogP contribution in [-0.2, 0) is 11.2 Å². The number of nitrogens with zero attached hydrogens (tertiary/aromatic N) is 2. The fraction of sp³-hybridized carbons (Fsp3) is 0.412. The maximum atomic E-state index is 14.2. The fourth-order valence-corrected chi connectivity index (χ4v) is 3.04. The molecule has 1 aliphatic heterocycles. The fourth-order valence-electron chi connectivity index (χ4n) is 3.04. The molecule has 0 unspecified atom stereocenters. The maximum absolute atomic E-state index is 14.2. The lowest BCUT2D eigenvalue weighted by atomic mass is 10.1. The van der Waals surface area contributed by atoms with Gasteiger partial charge in [0.1, 0.15) is 11.5 Å². The Kier molecular flexibility index (Phi) is 4.32. The second-order valence-corrected chi connectivity index (χ2v) is 5.97. The van der Waals surface area contributed by atoms with E-state index in [1.54, 1.807) is 6.07 Å². The number of aromatic nitrogens is 2. The van der Waals surface area contributed by atoms with Crippen molar-refractivity contribution < 1.29 is 9.18 Å². The third-order valence-corrected chi connectivity index (χ3v) is 4.32. The van der Waals surface area contributed by atoms with Crippen LogP contribution in [0.4, 0.5) is 15.8 Å². The molecule has 23 heavy (non-hydrogen) atoms. The summed E-state index contributed by atoms with van der Waals surface area (Å²) in [6, 6.07) is 4.92. The van der Waals surface area contributed by atoms with Gasteiger partial charge in [0.25, 0.3) is 0 Å². The van der Waals surface area contributed by atoms with Crippen LogP contribution in [0.3, 0.4) is 0 Å². The van der Waals surface area contributed by atoms with Crippen molar-refractivity contribution in [3.63, 3.8) is 0 Å². The standard InChI is InChI=1S/C17H21FN4O/c1-11-13(12(2)21-20-11)10-16(23)19-17-14(18)6-5-7-15(17)22-8-3-4-9-22/h5-7H,3-4,8-10H2,1-2H3,(H,19,23)(H,20,21). The van der Waals surface area contributed by atoms with E-state index in [2.05, 4.69) is 20.4 Å². The van der Waals surface area contributed by atoms with E-state index in [4.69, 9.17) is 0 Å². The minimum absolute atomic E-state index is 0.182. The molecule has 0 aliphatic carbocycles. The van der Waals surface area contributed by atoms with Gasteiger partial charge in [0.05, 0.1) is 17.8 Å². The van der Waals surface area contributed by atoms with Crippen molar-refractivity contribution in [2.75, 3.05) is 23.3 Å². The number of para-hydroxylation sites is 1. The Morgan fingerprint density at radius 2 is 2.09 bits per heavy atom. The lowest BCUT2D eigenvalue weighted by molar-refractivity contribution is -0.115. The summed E-state index contributed by atoms with van der Waals surface area (Å²) < 4.78 is 14.2. The first-order chi connectivity index (χ1) is 11.1. The number of rotatable bonds is 4. The smallest absolute Gasteiger partial charge is 0.229 e. The van der Waals surface area contributed by atoms with E-state index in [-0.39, 0.29) is 18.0 Å². The van der Waals surface area contributed by atoms with Crippen molar-refractivity contribution in [3.8, 4) is 0 Å². The molecule has 1 aliphatic rings. The number of carbonyl (C=O) groups excluding carboxylic acids is 1. The number of benzene rings is 1. The number of amides is 1. The summed E-state index contributed by atoms with van der Waals surface area (Å²) in [5.41, 5.74) is 3.56. The van der Waals surface area contributed by atoms with Crippen LogP contribution in [0.2, 0.25) is 0 Å². The second kappa shape index (κ2) is 6.40. The van der Waals surface area contributed by atoms with Crippen LogP contribution in [-0.4, -0.2) is 29.2 Å². The number of anilines is 2. The zero-order valence-corrected chi connectivity index (χ0v) is 13.4. The average Bonchev–Trinajstić information content (AvgIpc) is 3.15. The van der Waals surface area contributed by atoms with Gasteiger partial charge in [-0.2, -0.15) is 5.10 Å². The Labute approximate surface area is 134 Å². The molecule has 0 bridgehead atoms. The number of H-pyrrole nitrogens is 1. The summed E-state index contributed by atoms with van der Waals surface area (Å²) in [4.78, 5) is 14.5. The number of hydrogen-bond donors (Lipinski definition) is 2. The van der Waals surface area contributed by atoms with Crippen molar-refractivity contribution in [3.05, 3.63) is 41.0 Å². The molecule has 1 amide bonds. The van der Waals surface area contributed by atoms with Gasteiger partial charge in [0, 0.05) is 24.3 Å². The van der Waals surface area contributed by atoms with Crippen LogP contribution in [0.1, 0.15) is 29.8 Å². The molecular formula is C17H21FN4O. The van der Waals surface area contributed by atoms with Crippen LogP contribution < -0.4 is 10.2 Å².